The lowest BCUT2D eigenvalue weighted by atomic mass is 10.1. The van der Waals surface area contributed by atoms with Crippen LogP contribution in [-0.2, 0) is 21.1 Å². The average Bonchev–Trinajstić information content (AvgIpc) is 2.48. The number of benzene rings is 1. The molecule has 1 fully saturated rings. The summed E-state index contributed by atoms with van der Waals surface area (Å²) in [5.41, 5.74) is 0.925. The van der Waals surface area contributed by atoms with Gasteiger partial charge in [-0.25, -0.2) is 8.42 Å². The summed E-state index contributed by atoms with van der Waals surface area (Å²) in [6.45, 7) is 4.88. The van der Waals surface area contributed by atoms with Crippen LogP contribution < -0.4 is 0 Å². The van der Waals surface area contributed by atoms with Gasteiger partial charge in [-0.05, 0) is 36.5 Å². The van der Waals surface area contributed by atoms with Crippen LogP contribution in [0.15, 0.2) is 24.3 Å². The first-order chi connectivity index (χ1) is 10.8. The van der Waals surface area contributed by atoms with Crippen LogP contribution in [0.1, 0.15) is 32.3 Å². The van der Waals surface area contributed by atoms with Crippen molar-refractivity contribution < 1.29 is 13.2 Å². The molecule has 1 aromatic carbocycles. The van der Waals surface area contributed by atoms with Crippen molar-refractivity contribution in [2.75, 3.05) is 18.8 Å². The van der Waals surface area contributed by atoms with Gasteiger partial charge in [0, 0.05) is 18.1 Å². The summed E-state index contributed by atoms with van der Waals surface area (Å²) >= 11 is 5.84. The van der Waals surface area contributed by atoms with Gasteiger partial charge in [-0.3, -0.25) is 4.79 Å². The maximum Gasteiger partial charge on any atom is 0.226 e. The number of carbonyl (C=O) groups is 1. The minimum Gasteiger partial charge on any atom is -0.342 e. The summed E-state index contributed by atoms with van der Waals surface area (Å²) < 4.78 is 24.6. The van der Waals surface area contributed by atoms with Crippen LogP contribution in [0.3, 0.4) is 0 Å². The monoisotopic (exact) mass is 357 g/mol. The van der Waals surface area contributed by atoms with Crippen LogP contribution >= 0.6 is 11.6 Å². The molecule has 1 aromatic rings. The molecule has 128 valence electrons. The SMILES string of the molecule is CC(C)CS(=O)(=O)C1CCN(C(=O)Cc2ccc(Cl)cc2)CC1. The van der Waals surface area contributed by atoms with Crippen molar-refractivity contribution in [3.63, 3.8) is 0 Å². The second kappa shape index (κ2) is 7.67. The van der Waals surface area contributed by atoms with Gasteiger partial charge in [-0.1, -0.05) is 37.6 Å². The third-order valence-electron chi connectivity index (χ3n) is 4.14. The molecule has 0 radical (unpaired) electrons. The Hall–Kier alpha value is -1.07. The highest BCUT2D eigenvalue weighted by Gasteiger charge is 2.31. The van der Waals surface area contributed by atoms with Crippen LogP contribution in [0, 0.1) is 5.92 Å². The predicted molar refractivity (Wildman–Crippen MR) is 93.4 cm³/mol. The lowest BCUT2D eigenvalue weighted by Gasteiger charge is -2.32. The van der Waals surface area contributed by atoms with Gasteiger partial charge in [0.25, 0.3) is 0 Å². The van der Waals surface area contributed by atoms with Crippen LogP contribution in [0.25, 0.3) is 0 Å². The molecule has 1 aliphatic heterocycles. The second-order valence-electron chi connectivity index (χ2n) is 6.61. The van der Waals surface area contributed by atoms with E-state index in [0.29, 0.717) is 37.4 Å². The number of hydrogen-bond donors (Lipinski definition) is 0. The van der Waals surface area contributed by atoms with E-state index < -0.39 is 9.84 Å². The van der Waals surface area contributed by atoms with Crippen molar-refractivity contribution >= 4 is 27.3 Å². The van der Waals surface area contributed by atoms with Gasteiger partial charge >= 0.3 is 0 Å². The fraction of sp³-hybridized carbons (Fsp3) is 0.588. The molecule has 1 aliphatic rings. The molecule has 0 bridgehead atoms. The number of halogens is 1. The fourth-order valence-corrected chi connectivity index (χ4v) is 5.21. The standard InChI is InChI=1S/C17H24ClNO3S/c1-13(2)12-23(21,22)16-7-9-19(10-8-16)17(20)11-14-3-5-15(18)6-4-14/h3-6,13,16H,7-12H2,1-2H3. The van der Waals surface area contributed by atoms with Crippen LogP contribution in [0.5, 0.6) is 0 Å². The molecule has 0 N–H and O–H groups in total. The van der Waals surface area contributed by atoms with E-state index in [1.54, 1.807) is 17.0 Å². The number of amides is 1. The van der Waals surface area contributed by atoms with Gasteiger partial charge in [0.2, 0.25) is 5.91 Å². The Morgan fingerprint density at radius 2 is 1.78 bits per heavy atom. The number of nitrogens with zero attached hydrogens (tertiary/aromatic N) is 1. The number of likely N-dealkylation sites (tertiary alicyclic amines) is 1. The van der Waals surface area contributed by atoms with E-state index in [9.17, 15) is 13.2 Å². The van der Waals surface area contributed by atoms with Crippen molar-refractivity contribution in [2.45, 2.75) is 38.4 Å². The molecule has 1 amide bonds. The van der Waals surface area contributed by atoms with E-state index in [1.807, 2.05) is 26.0 Å². The Labute approximate surface area is 143 Å². The maximum atomic E-state index is 12.3. The van der Waals surface area contributed by atoms with E-state index >= 15 is 0 Å². The van der Waals surface area contributed by atoms with Crippen molar-refractivity contribution in [1.29, 1.82) is 0 Å². The molecule has 4 nitrogen and oxygen atoms in total. The summed E-state index contributed by atoms with van der Waals surface area (Å²) in [5, 5.41) is 0.349. The van der Waals surface area contributed by atoms with Gasteiger partial charge in [0.15, 0.2) is 9.84 Å². The lowest BCUT2D eigenvalue weighted by Crippen LogP contribution is -2.43. The van der Waals surface area contributed by atoms with E-state index in [-0.39, 0.29) is 22.8 Å². The van der Waals surface area contributed by atoms with E-state index in [0.717, 1.165) is 5.56 Å². The van der Waals surface area contributed by atoms with Gasteiger partial charge in [-0.15, -0.1) is 0 Å². The number of piperidine rings is 1. The quantitative estimate of drug-likeness (QED) is 0.814. The normalized spacial score (nSPS) is 16.8. The van der Waals surface area contributed by atoms with Crippen molar-refractivity contribution in [3.05, 3.63) is 34.9 Å². The molecular weight excluding hydrogens is 334 g/mol. The summed E-state index contributed by atoms with van der Waals surface area (Å²) in [4.78, 5) is 14.1. The van der Waals surface area contributed by atoms with Crippen LogP contribution in [0.4, 0.5) is 0 Å². The summed E-state index contributed by atoms with van der Waals surface area (Å²) in [6, 6.07) is 7.24. The van der Waals surface area contributed by atoms with Gasteiger partial charge in [0.1, 0.15) is 0 Å². The minimum atomic E-state index is -3.05. The first kappa shape index (κ1) is 18.3. The minimum absolute atomic E-state index is 0.0482. The van der Waals surface area contributed by atoms with E-state index in [4.69, 9.17) is 11.6 Å². The zero-order valence-corrected chi connectivity index (χ0v) is 15.2. The fourth-order valence-electron chi connectivity index (χ4n) is 2.95. The zero-order chi connectivity index (χ0) is 17.0. The van der Waals surface area contributed by atoms with E-state index in [2.05, 4.69) is 0 Å². The average molecular weight is 358 g/mol. The second-order valence-corrected chi connectivity index (χ2v) is 9.37. The topological polar surface area (TPSA) is 54.5 Å². The number of sulfone groups is 1. The smallest absolute Gasteiger partial charge is 0.226 e. The molecule has 0 unspecified atom stereocenters. The molecule has 6 heteroatoms. The highest BCUT2D eigenvalue weighted by atomic mass is 35.5. The Kier molecular flexibility index (Phi) is 6.09. The third-order valence-corrected chi connectivity index (χ3v) is 7.01. The molecule has 1 heterocycles. The molecular formula is C17H24ClNO3S. The predicted octanol–water partition coefficient (Wildman–Crippen LogP) is 2.94. The first-order valence-electron chi connectivity index (χ1n) is 8.01. The molecule has 0 spiro atoms. The Balaban J connectivity index is 1.88. The van der Waals surface area contributed by atoms with Crippen molar-refractivity contribution in [1.82, 2.24) is 4.90 Å². The van der Waals surface area contributed by atoms with Crippen LogP contribution in [-0.4, -0.2) is 43.3 Å². The number of rotatable bonds is 5. The largest absolute Gasteiger partial charge is 0.342 e. The van der Waals surface area contributed by atoms with Crippen LogP contribution in [0.2, 0.25) is 5.02 Å². The third kappa shape index (κ3) is 5.21. The highest BCUT2D eigenvalue weighted by molar-refractivity contribution is 7.92. The lowest BCUT2D eigenvalue weighted by molar-refractivity contribution is -0.131. The Bertz CT molecular complexity index is 632. The summed E-state index contributed by atoms with van der Waals surface area (Å²) in [5.74, 6) is 0.424. The van der Waals surface area contributed by atoms with E-state index in [1.165, 1.54) is 0 Å². The number of carbonyl (C=O) groups excluding carboxylic acids is 1. The molecule has 2 rings (SSSR count). The molecule has 23 heavy (non-hydrogen) atoms. The summed E-state index contributed by atoms with van der Waals surface area (Å²) in [7, 11) is -3.05. The van der Waals surface area contributed by atoms with Gasteiger partial charge in [0.05, 0.1) is 17.4 Å². The van der Waals surface area contributed by atoms with Gasteiger partial charge in [-0.2, -0.15) is 0 Å². The Morgan fingerprint density at radius 3 is 2.30 bits per heavy atom. The van der Waals surface area contributed by atoms with Crippen molar-refractivity contribution in [2.24, 2.45) is 5.92 Å². The van der Waals surface area contributed by atoms with Crippen molar-refractivity contribution in [3.8, 4) is 0 Å². The Morgan fingerprint density at radius 1 is 1.22 bits per heavy atom. The number of hydrogen-bond acceptors (Lipinski definition) is 3. The maximum absolute atomic E-state index is 12.3. The first-order valence-corrected chi connectivity index (χ1v) is 10.1. The molecule has 0 saturated carbocycles. The van der Waals surface area contributed by atoms with Gasteiger partial charge < -0.3 is 4.90 Å². The molecule has 0 aromatic heterocycles. The summed E-state index contributed by atoms with van der Waals surface area (Å²) in [6.07, 6.45) is 1.42. The molecule has 1 saturated heterocycles. The molecule has 0 atom stereocenters. The zero-order valence-electron chi connectivity index (χ0n) is 13.7. The highest BCUT2D eigenvalue weighted by Crippen LogP contribution is 2.21. The molecule has 0 aliphatic carbocycles.